The molecule has 0 fully saturated rings. The summed E-state index contributed by atoms with van der Waals surface area (Å²) >= 11 is 0. The molecule has 2 rings (SSSR count). The van der Waals surface area contributed by atoms with E-state index in [1.54, 1.807) is 0 Å². The second-order valence-electron chi connectivity index (χ2n) is 5.41. The van der Waals surface area contributed by atoms with Crippen molar-refractivity contribution in [3.8, 4) is 5.75 Å². The highest BCUT2D eigenvalue weighted by molar-refractivity contribution is 5.38. The molecule has 2 heteroatoms. The van der Waals surface area contributed by atoms with Crippen LogP contribution in [0.5, 0.6) is 5.75 Å². The van der Waals surface area contributed by atoms with Gasteiger partial charge in [-0.2, -0.15) is 0 Å². The molecule has 1 heterocycles. The van der Waals surface area contributed by atoms with Crippen LogP contribution in [0, 0.1) is 0 Å². The average molecular weight is 219 g/mol. The van der Waals surface area contributed by atoms with Crippen molar-refractivity contribution in [1.82, 2.24) is 0 Å². The van der Waals surface area contributed by atoms with Crippen molar-refractivity contribution >= 4 is 0 Å². The van der Waals surface area contributed by atoms with Crippen LogP contribution in [0.4, 0.5) is 0 Å². The van der Waals surface area contributed by atoms with Crippen LogP contribution in [0.2, 0.25) is 0 Å². The lowest BCUT2D eigenvalue weighted by molar-refractivity contribution is 0.317. The Balaban J connectivity index is 2.21. The van der Waals surface area contributed by atoms with Crippen molar-refractivity contribution < 1.29 is 4.74 Å². The van der Waals surface area contributed by atoms with Gasteiger partial charge in [-0.15, -0.1) is 0 Å². The number of nitrogens with two attached hydrogens (primary N) is 1. The first-order chi connectivity index (χ1) is 7.54. The molecule has 0 saturated carbocycles. The predicted molar refractivity (Wildman–Crippen MR) is 66.8 cm³/mol. The molecule has 16 heavy (non-hydrogen) atoms. The summed E-state index contributed by atoms with van der Waals surface area (Å²) in [5, 5.41) is 0. The lowest BCUT2D eigenvalue weighted by Gasteiger charge is -2.19. The van der Waals surface area contributed by atoms with Crippen LogP contribution in [0.1, 0.15) is 37.8 Å². The summed E-state index contributed by atoms with van der Waals surface area (Å²) in [6.07, 6.45) is 4.43. The van der Waals surface area contributed by atoms with Crippen LogP contribution >= 0.6 is 0 Å². The average Bonchev–Trinajstić information content (AvgIpc) is 2.39. The Morgan fingerprint density at radius 3 is 2.88 bits per heavy atom. The van der Waals surface area contributed by atoms with E-state index in [1.165, 1.54) is 17.5 Å². The molecule has 1 aromatic carbocycles. The molecule has 1 aliphatic heterocycles. The van der Waals surface area contributed by atoms with Crippen LogP contribution in [-0.2, 0) is 12.8 Å². The van der Waals surface area contributed by atoms with Crippen LogP contribution in [0.3, 0.4) is 0 Å². The van der Waals surface area contributed by atoms with E-state index in [4.69, 9.17) is 10.5 Å². The van der Waals surface area contributed by atoms with E-state index < -0.39 is 0 Å². The van der Waals surface area contributed by atoms with E-state index in [-0.39, 0.29) is 5.54 Å². The first-order valence-corrected chi connectivity index (χ1v) is 6.08. The molecule has 0 radical (unpaired) electrons. The lowest BCUT2D eigenvalue weighted by atomic mass is 9.94. The quantitative estimate of drug-likeness (QED) is 0.830. The first kappa shape index (κ1) is 11.5. The van der Waals surface area contributed by atoms with E-state index in [0.29, 0.717) is 0 Å². The molecule has 1 aromatic rings. The molecule has 0 saturated heterocycles. The fraction of sp³-hybridized carbons (Fsp3) is 0.571. The van der Waals surface area contributed by atoms with E-state index in [1.807, 2.05) is 0 Å². The van der Waals surface area contributed by atoms with Gasteiger partial charge in [-0.25, -0.2) is 0 Å². The standard InChI is InChI=1S/C14H21NO/c1-14(2,15)10-11-6-7-13-12(9-11)5-3-4-8-16-13/h6-7,9H,3-5,8,10,15H2,1-2H3. The molecule has 0 atom stereocenters. The number of hydrogen-bond donors (Lipinski definition) is 1. The van der Waals surface area contributed by atoms with Crippen LogP contribution in [-0.4, -0.2) is 12.1 Å². The Bertz CT molecular complexity index is 365. The van der Waals surface area contributed by atoms with Crippen molar-refractivity contribution in [2.24, 2.45) is 5.73 Å². The molecular weight excluding hydrogens is 198 g/mol. The number of rotatable bonds is 2. The molecule has 2 N–H and O–H groups in total. The van der Waals surface area contributed by atoms with Gasteiger partial charge in [0.15, 0.2) is 0 Å². The number of benzene rings is 1. The van der Waals surface area contributed by atoms with Gasteiger partial charge in [-0.05, 0) is 56.7 Å². The smallest absolute Gasteiger partial charge is 0.122 e. The zero-order valence-electron chi connectivity index (χ0n) is 10.3. The number of hydrogen-bond acceptors (Lipinski definition) is 2. The van der Waals surface area contributed by atoms with Crippen molar-refractivity contribution in [3.63, 3.8) is 0 Å². The molecule has 0 aliphatic carbocycles. The minimum absolute atomic E-state index is 0.139. The molecule has 0 amide bonds. The molecule has 2 nitrogen and oxygen atoms in total. The summed E-state index contributed by atoms with van der Waals surface area (Å²) in [4.78, 5) is 0. The van der Waals surface area contributed by atoms with Gasteiger partial charge in [-0.1, -0.05) is 12.1 Å². The maximum absolute atomic E-state index is 6.04. The van der Waals surface area contributed by atoms with Gasteiger partial charge in [0, 0.05) is 5.54 Å². The van der Waals surface area contributed by atoms with Crippen LogP contribution in [0.15, 0.2) is 18.2 Å². The Morgan fingerprint density at radius 2 is 2.12 bits per heavy atom. The lowest BCUT2D eigenvalue weighted by Crippen LogP contribution is -2.34. The van der Waals surface area contributed by atoms with Crippen LogP contribution < -0.4 is 10.5 Å². The summed E-state index contributed by atoms with van der Waals surface area (Å²) in [5.41, 5.74) is 8.57. The highest BCUT2D eigenvalue weighted by Gasteiger charge is 2.14. The minimum Gasteiger partial charge on any atom is -0.493 e. The molecule has 0 bridgehead atoms. The summed E-state index contributed by atoms with van der Waals surface area (Å²) in [6.45, 7) is 4.99. The number of ether oxygens (including phenoxy) is 1. The Kier molecular flexibility index (Phi) is 3.20. The zero-order chi connectivity index (χ0) is 11.6. The summed E-state index contributed by atoms with van der Waals surface area (Å²) in [6, 6.07) is 6.50. The summed E-state index contributed by atoms with van der Waals surface area (Å²) in [7, 11) is 0. The summed E-state index contributed by atoms with van der Waals surface area (Å²) in [5.74, 6) is 1.07. The Morgan fingerprint density at radius 1 is 1.31 bits per heavy atom. The van der Waals surface area contributed by atoms with Crippen molar-refractivity contribution in [1.29, 1.82) is 0 Å². The fourth-order valence-corrected chi connectivity index (χ4v) is 2.20. The van der Waals surface area contributed by atoms with Gasteiger partial charge in [-0.3, -0.25) is 0 Å². The normalized spacial score (nSPS) is 16.2. The third-order valence-electron chi connectivity index (χ3n) is 2.88. The third kappa shape index (κ3) is 2.99. The first-order valence-electron chi connectivity index (χ1n) is 6.08. The molecule has 0 unspecified atom stereocenters. The van der Waals surface area contributed by atoms with Gasteiger partial charge >= 0.3 is 0 Å². The van der Waals surface area contributed by atoms with E-state index in [9.17, 15) is 0 Å². The highest BCUT2D eigenvalue weighted by Crippen LogP contribution is 2.26. The van der Waals surface area contributed by atoms with Gasteiger partial charge < -0.3 is 10.5 Å². The second kappa shape index (κ2) is 4.46. The molecular formula is C14H21NO. The predicted octanol–water partition coefficient (Wildman–Crippen LogP) is 2.68. The Labute approximate surface area is 97.8 Å². The zero-order valence-corrected chi connectivity index (χ0v) is 10.3. The van der Waals surface area contributed by atoms with Gasteiger partial charge in [0.2, 0.25) is 0 Å². The van der Waals surface area contributed by atoms with Crippen LogP contribution in [0.25, 0.3) is 0 Å². The second-order valence-corrected chi connectivity index (χ2v) is 5.41. The largest absolute Gasteiger partial charge is 0.493 e. The highest BCUT2D eigenvalue weighted by atomic mass is 16.5. The maximum atomic E-state index is 6.04. The Hall–Kier alpha value is -1.02. The molecule has 0 spiro atoms. The molecule has 0 aromatic heterocycles. The minimum atomic E-state index is -0.139. The maximum Gasteiger partial charge on any atom is 0.122 e. The number of fused-ring (bicyclic) bond motifs is 1. The third-order valence-corrected chi connectivity index (χ3v) is 2.88. The molecule has 88 valence electrons. The van der Waals surface area contributed by atoms with E-state index >= 15 is 0 Å². The van der Waals surface area contributed by atoms with Gasteiger partial charge in [0.1, 0.15) is 5.75 Å². The van der Waals surface area contributed by atoms with Crippen molar-refractivity contribution in [2.75, 3.05) is 6.61 Å². The SMILES string of the molecule is CC(C)(N)Cc1ccc2c(c1)CCCCO2. The molecule has 1 aliphatic rings. The summed E-state index contributed by atoms with van der Waals surface area (Å²) < 4.78 is 5.70. The topological polar surface area (TPSA) is 35.2 Å². The van der Waals surface area contributed by atoms with Gasteiger partial charge in [0.05, 0.1) is 6.61 Å². The fourth-order valence-electron chi connectivity index (χ4n) is 2.20. The monoisotopic (exact) mass is 219 g/mol. The van der Waals surface area contributed by atoms with Gasteiger partial charge in [0.25, 0.3) is 0 Å². The van der Waals surface area contributed by atoms with E-state index in [2.05, 4.69) is 32.0 Å². The van der Waals surface area contributed by atoms with Crippen molar-refractivity contribution in [3.05, 3.63) is 29.3 Å². The number of aryl methyl sites for hydroxylation is 1. The van der Waals surface area contributed by atoms with Crippen molar-refractivity contribution in [2.45, 2.75) is 45.1 Å². The van der Waals surface area contributed by atoms with E-state index in [0.717, 1.165) is 31.6 Å².